The quantitative estimate of drug-likeness (QED) is 0.708. The first-order valence-corrected chi connectivity index (χ1v) is 12.0. The Kier molecular flexibility index (Phi) is 7.40. The minimum Gasteiger partial charge on any atom is -0.497 e. The van der Waals surface area contributed by atoms with E-state index >= 15 is 0 Å². The molecule has 0 spiro atoms. The van der Waals surface area contributed by atoms with E-state index < -0.39 is 0 Å². The van der Waals surface area contributed by atoms with Crippen LogP contribution in [0.4, 0.5) is 0 Å². The topological polar surface area (TPSA) is 67.3 Å². The number of aromatic nitrogens is 2. The molecular formula is C26H36N4O2. The summed E-state index contributed by atoms with van der Waals surface area (Å²) in [5.41, 5.74) is 4.16. The average molecular weight is 437 g/mol. The lowest BCUT2D eigenvalue weighted by atomic mass is 9.95. The minimum absolute atomic E-state index is 0.103. The predicted molar refractivity (Wildman–Crippen MR) is 126 cm³/mol. The number of hydrogen-bond donors (Lipinski definition) is 1. The lowest BCUT2D eigenvalue weighted by Gasteiger charge is -2.23. The van der Waals surface area contributed by atoms with E-state index in [1.165, 1.54) is 24.8 Å². The van der Waals surface area contributed by atoms with Crippen molar-refractivity contribution < 1.29 is 9.53 Å². The lowest BCUT2D eigenvalue weighted by molar-refractivity contribution is -0.121. The summed E-state index contributed by atoms with van der Waals surface area (Å²) in [5.74, 6) is 2.26. The van der Waals surface area contributed by atoms with Crippen LogP contribution in [-0.4, -0.2) is 47.0 Å². The van der Waals surface area contributed by atoms with Gasteiger partial charge in [0.25, 0.3) is 0 Å². The number of amides is 1. The predicted octanol–water partition coefficient (Wildman–Crippen LogP) is 4.08. The minimum atomic E-state index is 0.103. The average Bonchev–Trinajstić information content (AvgIpc) is 3.26. The number of likely N-dealkylation sites (tertiary alicyclic amines) is 1. The number of benzene rings is 1. The third-order valence-electron chi connectivity index (χ3n) is 6.95. The summed E-state index contributed by atoms with van der Waals surface area (Å²) in [6, 6.07) is 8.63. The lowest BCUT2D eigenvalue weighted by Crippen LogP contribution is -2.37. The Bertz CT molecular complexity index is 899. The van der Waals surface area contributed by atoms with Gasteiger partial charge in [0.2, 0.25) is 5.91 Å². The molecule has 1 N–H and O–H groups in total. The van der Waals surface area contributed by atoms with Crippen molar-refractivity contribution in [1.82, 2.24) is 20.2 Å². The van der Waals surface area contributed by atoms with E-state index in [0.29, 0.717) is 18.4 Å². The van der Waals surface area contributed by atoms with Crippen molar-refractivity contribution >= 4 is 5.91 Å². The fraction of sp³-hybridized carbons (Fsp3) is 0.577. The van der Waals surface area contributed by atoms with Crippen LogP contribution in [0.2, 0.25) is 0 Å². The van der Waals surface area contributed by atoms with Crippen molar-refractivity contribution in [3.05, 3.63) is 52.6 Å². The summed E-state index contributed by atoms with van der Waals surface area (Å²) in [4.78, 5) is 24.8. The number of carbonyl (C=O) groups is 1. The van der Waals surface area contributed by atoms with Gasteiger partial charge in [0.05, 0.1) is 13.5 Å². The number of rotatable bonds is 7. The number of ether oxygens (including phenoxy) is 1. The highest BCUT2D eigenvalue weighted by atomic mass is 16.5. The molecule has 1 aliphatic carbocycles. The first-order chi connectivity index (χ1) is 15.5. The molecule has 2 heterocycles. The maximum absolute atomic E-state index is 12.6. The molecule has 1 amide bonds. The normalized spacial score (nSPS) is 19.8. The van der Waals surface area contributed by atoms with Crippen LogP contribution in [0.5, 0.6) is 5.75 Å². The molecule has 6 nitrogen and oxygen atoms in total. The van der Waals surface area contributed by atoms with Crippen LogP contribution >= 0.6 is 0 Å². The molecule has 1 aromatic carbocycles. The summed E-state index contributed by atoms with van der Waals surface area (Å²) < 4.78 is 5.25. The summed E-state index contributed by atoms with van der Waals surface area (Å²) in [5, 5.41) is 3.22. The zero-order chi connectivity index (χ0) is 22.5. The molecule has 1 atom stereocenters. The van der Waals surface area contributed by atoms with Crippen molar-refractivity contribution in [3.63, 3.8) is 0 Å². The van der Waals surface area contributed by atoms with Crippen molar-refractivity contribution in [2.45, 2.75) is 77.3 Å². The smallest absolute Gasteiger partial charge is 0.224 e. The highest BCUT2D eigenvalue weighted by Gasteiger charge is 2.27. The molecule has 1 aromatic heterocycles. The van der Waals surface area contributed by atoms with Crippen LogP contribution in [-0.2, 0) is 17.8 Å². The second-order valence-electron chi connectivity index (χ2n) is 9.38. The highest BCUT2D eigenvalue weighted by molar-refractivity contribution is 5.79. The fourth-order valence-electron chi connectivity index (χ4n) is 5.07. The van der Waals surface area contributed by atoms with Gasteiger partial charge in [-0.1, -0.05) is 31.4 Å². The summed E-state index contributed by atoms with van der Waals surface area (Å²) >= 11 is 0. The Morgan fingerprint density at radius 2 is 1.75 bits per heavy atom. The van der Waals surface area contributed by atoms with Gasteiger partial charge >= 0.3 is 0 Å². The van der Waals surface area contributed by atoms with Crippen LogP contribution in [0.15, 0.2) is 24.3 Å². The van der Waals surface area contributed by atoms with Crippen LogP contribution in [0.25, 0.3) is 0 Å². The molecule has 4 rings (SSSR count). The maximum atomic E-state index is 12.6. The van der Waals surface area contributed by atoms with E-state index in [9.17, 15) is 4.79 Å². The third kappa shape index (κ3) is 5.66. The fourth-order valence-corrected chi connectivity index (χ4v) is 5.07. The van der Waals surface area contributed by atoms with Gasteiger partial charge in [-0.3, -0.25) is 9.69 Å². The third-order valence-corrected chi connectivity index (χ3v) is 6.95. The van der Waals surface area contributed by atoms with Gasteiger partial charge in [-0.2, -0.15) is 0 Å². The molecular weight excluding hydrogens is 400 g/mol. The Balaban J connectivity index is 1.35. The molecule has 2 fully saturated rings. The first-order valence-electron chi connectivity index (χ1n) is 12.0. The van der Waals surface area contributed by atoms with Gasteiger partial charge < -0.3 is 10.1 Å². The molecule has 0 radical (unpaired) electrons. The highest BCUT2D eigenvalue weighted by Crippen LogP contribution is 2.28. The number of hydrogen-bond acceptors (Lipinski definition) is 5. The standard InChI is InChI=1S/C26H36N4O2/c1-18-24(15-25(31)29-22-7-5-4-6-8-22)19(2)28-26(27-18)21-13-14-30(17-21)16-20-9-11-23(32-3)12-10-20/h9-12,21-22H,4-8,13-17H2,1-3H3,(H,29,31). The van der Waals surface area contributed by atoms with Crippen LogP contribution < -0.4 is 10.1 Å². The zero-order valence-electron chi connectivity index (χ0n) is 19.7. The molecule has 172 valence electrons. The van der Waals surface area contributed by atoms with Crippen LogP contribution in [0.1, 0.15) is 72.8 Å². The van der Waals surface area contributed by atoms with E-state index in [4.69, 9.17) is 14.7 Å². The van der Waals surface area contributed by atoms with Crippen molar-refractivity contribution in [3.8, 4) is 5.75 Å². The van der Waals surface area contributed by atoms with Gasteiger partial charge in [0, 0.05) is 42.0 Å². The van der Waals surface area contributed by atoms with Crippen molar-refractivity contribution in [2.24, 2.45) is 0 Å². The van der Waals surface area contributed by atoms with E-state index in [1.54, 1.807) is 7.11 Å². The van der Waals surface area contributed by atoms with Gasteiger partial charge in [0.15, 0.2) is 0 Å². The second kappa shape index (κ2) is 10.4. The molecule has 1 saturated carbocycles. The van der Waals surface area contributed by atoms with E-state index in [0.717, 1.165) is 67.4 Å². The van der Waals surface area contributed by atoms with Gasteiger partial charge in [-0.15, -0.1) is 0 Å². The molecule has 6 heteroatoms. The number of methoxy groups -OCH3 is 1. The molecule has 1 unspecified atom stereocenters. The van der Waals surface area contributed by atoms with Crippen LogP contribution in [0.3, 0.4) is 0 Å². The molecule has 2 aromatic rings. The Labute approximate surface area is 191 Å². The van der Waals surface area contributed by atoms with Gasteiger partial charge in [0.1, 0.15) is 11.6 Å². The largest absolute Gasteiger partial charge is 0.497 e. The van der Waals surface area contributed by atoms with Gasteiger partial charge in [-0.25, -0.2) is 9.97 Å². The summed E-state index contributed by atoms with van der Waals surface area (Å²) in [7, 11) is 1.69. The van der Waals surface area contributed by atoms with Crippen LogP contribution in [0, 0.1) is 13.8 Å². The van der Waals surface area contributed by atoms with E-state index in [2.05, 4.69) is 22.3 Å². The molecule has 0 bridgehead atoms. The van der Waals surface area contributed by atoms with E-state index in [1.807, 2.05) is 26.0 Å². The molecule has 32 heavy (non-hydrogen) atoms. The van der Waals surface area contributed by atoms with Gasteiger partial charge in [-0.05, 0) is 57.4 Å². The Hall–Kier alpha value is -2.47. The Morgan fingerprint density at radius 1 is 1.06 bits per heavy atom. The first kappa shape index (κ1) is 22.7. The summed E-state index contributed by atoms with van der Waals surface area (Å²) in [6.45, 7) is 6.98. The van der Waals surface area contributed by atoms with Crippen molar-refractivity contribution in [2.75, 3.05) is 20.2 Å². The second-order valence-corrected chi connectivity index (χ2v) is 9.38. The number of nitrogens with zero attached hydrogens (tertiary/aromatic N) is 3. The molecule has 1 saturated heterocycles. The number of carbonyl (C=O) groups excluding carboxylic acids is 1. The monoisotopic (exact) mass is 436 g/mol. The van der Waals surface area contributed by atoms with E-state index in [-0.39, 0.29) is 5.91 Å². The number of nitrogens with one attached hydrogen (secondary N) is 1. The zero-order valence-corrected chi connectivity index (χ0v) is 19.7. The van der Waals surface area contributed by atoms with Crippen molar-refractivity contribution in [1.29, 1.82) is 0 Å². The molecule has 1 aliphatic heterocycles. The molecule has 2 aliphatic rings. The summed E-state index contributed by atoms with van der Waals surface area (Å²) in [6.07, 6.45) is 7.38. The SMILES string of the molecule is COc1ccc(CN2CCC(c3nc(C)c(CC(=O)NC4CCCCC4)c(C)n3)C2)cc1. The Morgan fingerprint density at radius 3 is 2.41 bits per heavy atom. The number of aryl methyl sites for hydroxylation is 2. The maximum Gasteiger partial charge on any atom is 0.224 e.